The zero-order valence-electron chi connectivity index (χ0n) is 17.5. The number of fused-ring (bicyclic) bond motifs is 1. The third-order valence-electron chi connectivity index (χ3n) is 5.13. The van der Waals surface area contributed by atoms with E-state index in [1.807, 2.05) is 38.1 Å². The topological polar surface area (TPSA) is 84.9 Å². The van der Waals surface area contributed by atoms with Crippen LogP contribution in [-0.2, 0) is 4.79 Å². The van der Waals surface area contributed by atoms with Crippen LogP contribution in [0.4, 0.5) is 5.69 Å². The van der Waals surface area contributed by atoms with Gasteiger partial charge in [0.25, 0.3) is 0 Å². The minimum atomic E-state index is -1.01. The van der Waals surface area contributed by atoms with Gasteiger partial charge in [0.15, 0.2) is 0 Å². The Hall–Kier alpha value is -3.32. The van der Waals surface area contributed by atoms with Crippen molar-refractivity contribution in [2.75, 3.05) is 12.4 Å². The van der Waals surface area contributed by atoms with E-state index in [2.05, 4.69) is 5.32 Å². The number of nitrogens with one attached hydrogen (secondary N) is 1. The standard InChI is InChI=1S/C24H23NO5S/c1-13(2)30-17-10-4-14(5-11-17)18-12-19(26)25-21-20(23(24(27)28)31-22(18)21)15-6-8-16(29-3)9-7-15/h4-11,13,18H,12H2,1-3H3,(H,25,26)(H,27,28)/t18-/m0/s1. The van der Waals surface area contributed by atoms with Crippen molar-refractivity contribution in [3.63, 3.8) is 0 Å². The van der Waals surface area contributed by atoms with Gasteiger partial charge < -0.3 is 19.9 Å². The number of thiophene rings is 1. The fraction of sp³-hybridized carbons (Fsp3) is 0.250. The highest BCUT2D eigenvalue weighted by atomic mass is 32.1. The zero-order valence-corrected chi connectivity index (χ0v) is 18.3. The number of rotatable bonds is 6. The Labute approximate surface area is 184 Å². The van der Waals surface area contributed by atoms with Gasteiger partial charge in [-0.25, -0.2) is 4.79 Å². The third-order valence-corrected chi connectivity index (χ3v) is 6.42. The highest BCUT2D eigenvalue weighted by molar-refractivity contribution is 7.15. The lowest BCUT2D eigenvalue weighted by Gasteiger charge is -2.24. The summed E-state index contributed by atoms with van der Waals surface area (Å²) < 4.78 is 10.9. The molecule has 1 amide bonds. The number of hydrogen-bond acceptors (Lipinski definition) is 5. The quantitative estimate of drug-likeness (QED) is 0.541. The van der Waals surface area contributed by atoms with Crippen LogP contribution in [0.2, 0.25) is 0 Å². The second-order valence-electron chi connectivity index (χ2n) is 7.62. The van der Waals surface area contributed by atoms with Crippen LogP contribution in [-0.4, -0.2) is 30.2 Å². The van der Waals surface area contributed by atoms with Crippen molar-refractivity contribution in [1.29, 1.82) is 0 Å². The van der Waals surface area contributed by atoms with Crippen LogP contribution in [0.25, 0.3) is 11.1 Å². The fourth-order valence-corrected chi connectivity index (χ4v) is 5.04. The summed E-state index contributed by atoms with van der Waals surface area (Å²) in [6, 6.07) is 14.8. The molecule has 3 aromatic rings. The Bertz CT molecular complexity index is 1120. The molecule has 1 aliphatic heterocycles. The monoisotopic (exact) mass is 437 g/mol. The molecular weight excluding hydrogens is 414 g/mol. The molecule has 31 heavy (non-hydrogen) atoms. The van der Waals surface area contributed by atoms with Crippen molar-refractivity contribution < 1.29 is 24.2 Å². The molecule has 6 nitrogen and oxygen atoms in total. The van der Waals surface area contributed by atoms with Crippen molar-refractivity contribution in [3.8, 4) is 22.6 Å². The molecule has 0 unspecified atom stereocenters. The molecule has 0 spiro atoms. The molecule has 0 radical (unpaired) electrons. The van der Waals surface area contributed by atoms with Crippen molar-refractivity contribution in [2.24, 2.45) is 0 Å². The molecule has 0 aliphatic carbocycles. The maximum absolute atomic E-state index is 12.6. The number of anilines is 1. The third kappa shape index (κ3) is 4.14. The lowest BCUT2D eigenvalue weighted by Crippen LogP contribution is -2.22. The van der Waals surface area contributed by atoms with Gasteiger partial charge in [-0.2, -0.15) is 0 Å². The van der Waals surface area contributed by atoms with Crippen LogP contribution < -0.4 is 14.8 Å². The summed E-state index contributed by atoms with van der Waals surface area (Å²) in [6.45, 7) is 3.93. The van der Waals surface area contributed by atoms with Crippen LogP contribution in [0, 0.1) is 0 Å². The minimum Gasteiger partial charge on any atom is -0.497 e. The molecule has 0 saturated heterocycles. The SMILES string of the molecule is COc1ccc(-c2c(C(=O)O)sc3c2NC(=O)C[C@H]3c2ccc(OC(C)C)cc2)cc1. The number of aromatic carboxylic acids is 1. The molecule has 2 N–H and O–H groups in total. The number of ether oxygens (including phenoxy) is 2. The molecule has 7 heteroatoms. The number of carboxylic acids is 1. The Kier molecular flexibility index (Phi) is 5.69. The number of carboxylic acid groups (broad SMARTS) is 1. The van der Waals surface area contributed by atoms with Crippen molar-refractivity contribution >= 4 is 28.9 Å². The first kappa shape index (κ1) is 20.9. The highest BCUT2D eigenvalue weighted by Crippen LogP contribution is 2.49. The second kappa shape index (κ2) is 8.43. The number of carbonyl (C=O) groups excluding carboxylic acids is 1. The Morgan fingerprint density at radius 2 is 1.74 bits per heavy atom. The van der Waals surface area contributed by atoms with Gasteiger partial charge in [0.05, 0.1) is 18.9 Å². The lowest BCUT2D eigenvalue weighted by atomic mass is 9.88. The molecule has 0 fully saturated rings. The molecule has 0 saturated carbocycles. The average Bonchev–Trinajstić information content (AvgIpc) is 3.13. The number of methoxy groups -OCH3 is 1. The summed E-state index contributed by atoms with van der Waals surface area (Å²) in [5, 5.41) is 12.8. The van der Waals surface area contributed by atoms with Gasteiger partial charge in [0, 0.05) is 22.8 Å². The Balaban J connectivity index is 1.80. The Morgan fingerprint density at radius 3 is 2.32 bits per heavy atom. The minimum absolute atomic E-state index is 0.0698. The van der Waals surface area contributed by atoms with E-state index in [0.717, 1.165) is 21.8 Å². The zero-order chi connectivity index (χ0) is 22.1. The summed E-state index contributed by atoms with van der Waals surface area (Å²) in [4.78, 5) is 25.7. The van der Waals surface area contributed by atoms with Gasteiger partial charge in [-0.15, -0.1) is 11.3 Å². The molecule has 160 valence electrons. The number of benzene rings is 2. The van der Waals surface area contributed by atoms with E-state index in [-0.39, 0.29) is 29.2 Å². The van der Waals surface area contributed by atoms with E-state index in [1.54, 1.807) is 31.4 Å². The first-order chi connectivity index (χ1) is 14.9. The second-order valence-corrected chi connectivity index (χ2v) is 8.67. The summed E-state index contributed by atoms with van der Waals surface area (Å²) in [6.07, 6.45) is 0.333. The van der Waals surface area contributed by atoms with Gasteiger partial charge in [0.2, 0.25) is 5.91 Å². The predicted octanol–water partition coefficient (Wildman–Crippen LogP) is 5.38. The molecule has 1 aromatic heterocycles. The van der Waals surface area contributed by atoms with E-state index >= 15 is 0 Å². The van der Waals surface area contributed by atoms with Crippen LogP contribution >= 0.6 is 11.3 Å². The smallest absolute Gasteiger partial charge is 0.346 e. The largest absolute Gasteiger partial charge is 0.497 e. The van der Waals surface area contributed by atoms with Crippen LogP contribution in [0.1, 0.15) is 46.3 Å². The molecular formula is C24H23NO5S. The first-order valence-corrected chi connectivity index (χ1v) is 10.8. The Morgan fingerprint density at radius 1 is 1.10 bits per heavy atom. The molecule has 0 bridgehead atoms. The van der Waals surface area contributed by atoms with Crippen molar-refractivity contribution in [2.45, 2.75) is 32.3 Å². The molecule has 2 heterocycles. The van der Waals surface area contributed by atoms with Crippen LogP contribution in [0.5, 0.6) is 11.5 Å². The molecule has 1 aliphatic rings. The first-order valence-electron chi connectivity index (χ1n) is 9.98. The van der Waals surface area contributed by atoms with Gasteiger partial charge in [-0.05, 0) is 49.2 Å². The highest BCUT2D eigenvalue weighted by Gasteiger charge is 2.34. The van der Waals surface area contributed by atoms with Crippen molar-refractivity contribution in [3.05, 3.63) is 63.8 Å². The van der Waals surface area contributed by atoms with Gasteiger partial charge in [0.1, 0.15) is 16.4 Å². The van der Waals surface area contributed by atoms with Crippen molar-refractivity contribution in [1.82, 2.24) is 0 Å². The summed E-state index contributed by atoms with van der Waals surface area (Å²) in [7, 11) is 1.58. The number of carbonyl (C=O) groups is 2. The molecule has 2 aromatic carbocycles. The number of hydrogen-bond donors (Lipinski definition) is 2. The molecule has 4 rings (SSSR count). The van der Waals surface area contributed by atoms with Crippen LogP contribution in [0.3, 0.4) is 0 Å². The average molecular weight is 438 g/mol. The van der Waals surface area contributed by atoms with E-state index in [0.29, 0.717) is 17.0 Å². The normalized spacial score (nSPS) is 15.4. The van der Waals surface area contributed by atoms with E-state index in [4.69, 9.17) is 9.47 Å². The van der Waals surface area contributed by atoms with Gasteiger partial charge in [-0.1, -0.05) is 24.3 Å². The van der Waals surface area contributed by atoms with E-state index in [9.17, 15) is 14.7 Å². The summed E-state index contributed by atoms with van der Waals surface area (Å²) in [5.74, 6) is 0.0706. The maximum Gasteiger partial charge on any atom is 0.346 e. The predicted molar refractivity (Wildman–Crippen MR) is 121 cm³/mol. The van der Waals surface area contributed by atoms with E-state index < -0.39 is 5.97 Å². The molecule has 1 atom stereocenters. The van der Waals surface area contributed by atoms with Crippen LogP contribution in [0.15, 0.2) is 48.5 Å². The maximum atomic E-state index is 12.6. The van der Waals surface area contributed by atoms with Gasteiger partial charge >= 0.3 is 5.97 Å². The fourth-order valence-electron chi connectivity index (χ4n) is 3.79. The number of amides is 1. The summed E-state index contributed by atoms with van der Waals surface area (Å²) in [5.41, 5.74) is 2.79. The van der Waals surface area contributed by atoms with E-state index in [1.165, 1.54) is 11.3 Å². The lowest BCUT2D eigenvalue weighted by molar-refractivity contribution is -0.116. The summed E-state index contributed by atoms with van der Waals surface area (Å²) >= 11 is 1.22. The van der Waals surface area contributed by atoms with Gasteiger partial charge in [-0.3, -0.25) is 4.79 Å².